The molecule has 3 heterocycles. The Labute approximate surface area is 206 Å². The molecule has 1 amide bonds. The third-order valence-corrected chi connectivity index (χ3v) is 7.41. The molecule has 1 atom stereocenters. The predicted molar refractivity (Wildman–Crippen MR) is 133 cm³/mol. The maximum atomic E-state index is 14.3. The molecule has 4 rings (SSSR count). The van der Waals surface area contributed by atoms with E-state index in [-0.39, 0.29) is 11.2 Å². The van der Waals surface area contributed by atoms with Crippen molar-refractivity contribution < 1.29 is 13.9 Å². The van der Waals surface area contributed by atoms with E-state index in [1.54, 1.807) is 37.6 Å². The van der Waals surface area contributed by atoms with Crippen LogP contribution in [0.5, 0.6) is 0 Å². The van der Waals surface area contributed by atoms with Crippen LogP contribution in [0.25, 0.3) is 31.8 Å². The fourth-order valence-electron chi connectivity index (χ4n) is 3.87. The third-order valence-electron chi connectivity index (χ3n) is 6.04. The largest absolute Gasteiger partial charge is 0.443 e. The second kappa shape index (κ2) is 9.27. The quantitative estimate of drug-likeness (QED) is 0.239. The fraction of sp³-hybridized carbons (Fsp3) is 0.280. The average Bonchev–Trinajstić information content (AvgIpc) is 3.20. The lowest BCUT2D eigenvalue weighted by atomic mass is 9.85. The van der Waals surface area contributed by atoms with Crippen LogP contribution < -0.4 is 5.73 Å². The summed E-state index contributed by atoms with van der Waals surface area (Å²) in [5, 5.41) is 1.20. The Bertz CT molecular complexity index is 1390. The number of thiophene rings is 1. The molecule has 0 aliphatic rings. The van der Waals surface area contributed by atoms with Crippen molar-refractivity contribution in [3.8, 4) is 21.7 Å². The minimum Gasteiger partial charge on any atom is -0.443 e. The number of amides is 1. The van der Waals surface area contributed by atoms with Gasteiger partial charge in [0.05, 0.1) is 10.6 Å². The van der Waals surface area contributed by atoms with Gasteiger partial charge >= 0.3 is 6.09 Å². The molecule has 0 fully saturated rings. The van der Waals surface area contributed by atoms with Crippen LogP contribution in [-0.2, 0) is 11.2 Å². The van der Waals surface area contributed by atoms with Gasteiger partial charge in [-0.3, -0.25) is 0 Å². The van der Waals surface area contributed by atoms with Gasteiger partial charge in [0.25, 0.3) is 0 Å². The molecule has 1 aromatic carbocycles. The van der Waals surface area contributed by atoms with Crippen LogP contribution in [0.3, 0.4) is 0 Å². The average molecular weight is 499 g/mol. The van der Waals surface area contributed by atoms with E-state index < -0.39 is 17.6 Å². The van der Waals surface area contributed by atoms with E-state index in [4.69, 9.17) is 22.1 Å². The molecular formula is C25H24ClFN4O2S. The van der Waals surface area contributed by atoms with Gasteiger partial charge < -0.3 is 10.5 Å². The molecule has 34 heavy (non-hydrogen) atoms. The maximum Gasteiger partial charge on any atom is 0.405 e. The van der Waals surface area contributed by atoms with E-state index in [1.165, 1.54) is 6.07 Å². The molecule has 0 aliphatic carbocycles. The lowest BCUT2D eigenvalue weighted by Crippen LogP contribution is -2.38. The second-order valence-corrected chi connectivity index (χ2v) is 10.2. The Morgan fingerprint density at radius 1 is 1.24 bits per heavy atom. The van der Waals surface area contributed by atoms with Gasteiger partial charge in [-0.1, -0.05) is 25.1 Å². The van der Waals surface area contributed by atoms with Crippen molar-refractivity contribution in [2.75, 3.05) is 0 Å². The van der Waals surface area contributed by atoms with Crippen LogP contribution in [0.2, 0.25) is 5.28 Å². The number of nitrogens with two attached hydrogens (primary N) is 1. The Kier molecular flexibility index (Phi) is 6.55. The van der Waals surface area contributed by atoms with Crippen LogP contribution in [0, 0.1) is 18.8 Å². The van der Waals surface area contributed by atoms with Gasteiger partial charge in [0, 0.05) is 23.2 Å². The van der Waals surface area contributed by atoms with E-state index in [0.29, 0.717) is 6.42 Å². The Hall–Kier alpha value is -3.10. The van der Waals surface area contributed by atoms with Crippen LogP contribution in [0.4, 0.5) is 9.18 Å². The first-order chi connectivity index (χ1) is 16.0. The number of hydrogen-bond acceptors (Lipinski definition) is 6. The number of ether oxygens (including phenoxy) is 1. The van der Waals surface area contributed by atoms with Gasteiger partial charge in [-0.15, -0.1) is 11.3 Å². The highest BCUT2D eigenvalue weighted by Crippen LogP contribution is 2.41. The van der Waals surface area contributed by atoms with Crippen molar-refractivity contribution in [3.05, 3.63) is 65.1 Å². The number of aryl methyl sites for hydroxylation is 1. The number of pyridine rings is 1. The molecule has 176 valence electrons. The maximum absolute atomic E-state index is 14.3. The van der Waals surface area contributed by atoms with Gasteiger partial charge in [-0.2, -0.15) is 4.39 Å². The van der Waals surface area contributed by atoms with E-state index in [9.17, 15) is 9.18 Å². The van der Waals surface area contributed by atoms with Crippen molar-refractivity contribution in [3.63, 3.8) is 0 Å². The number of hydrogen-bond donors (Lipinski definition) is 1. The van der Waals surface area contributed by atoms with Crippen LogP contribution >= 0.6 is 22.9 Å². The Morgan fingerprint density at radius 3 is 2.74 bits per heavy atom. The highest BCUT2D eigenvalue weighted by molar-refractivity contribution is 7.22. The van der Waals surface area contributed by atoms with Gasteiger partial charge in [-0.25, -0.2) is 19.7 Å². The number of primary amides is 1. The van der Waals surface area contributed by atoms with Crippen molar-refractivity contribution in [1.29, 1.82) is 0 Å². The molecule has 0 bridgehead atoms. The summed E-state index contributed by atoms with van der Waals surface area (Å²) in [5.41, 5.74) is 8.61. The normalized spacial score (nSPS) is 12.6. The van der Waals surface area contributed by atoms with Gasteiger partial charge in [0.2, 0.25) is 11.2 Å². The molecule has 9 heteroatoms. The van der Waals surface area contributed by atoms with E-state index in [1.807, 2.05) is 32.0 Å². The summed E-state index contributed by atoms with van der Waals surface area (Å²) in [6, 6.07) is 9.43. The van der Waals surface area contributed by atoms with Crippen LogP contribution in [0.1, 0.15) is 31.9 Å². The topological polar surface area (TPSA) is 91.0 Å². The molecular weight excluding hydrogens is 475 g/mol. The molecule has 0 saturated heterocycles. The minimum absolute atomic E-state index is 0.102. The molecule has 0 radical (unpaired) electrons. The summed E-state index contributed by atoms with van der Waals surface area (Å²) in [6.07, 6.45) is 2.93. The summed E-state index contributed by atoms with van der Waals surface area (Å²) in [7, 11) is 0. The van der Waals surface area contributed by atoms with Crippen LogP contribution in [0.15, 0.2) is 42.7 Å². The molecule has 2 N–H and O–H groups in total. The summed E-state index contributed by atoms with van der Waals surface area (Å²) < 4.78 is 20.6. The lowest BCUT2D eigenvalue weighted by Gasteiger charge is -2.31. The van der Waals surface area contributed by atoms with Crippen molar-refractivity contribution in [2.24, 2.45) is 11.7 Å². The molecule has 0 spiro atoms. The smallest absolute Gasteiger partial charge is 0.405 e. The number of halogens is 2. The highest BCUT2D eigenvalue weighted by Gasteiger charge is 2.30. The molecule has 3 aromatic heterocycles. The van der Waals surface area contributed by atoms with E-state index in [0.717, 1.165) is 42.9 Å². The predicted octanol–water partition coefficient (Wildman–Crippen LogP) is 6.57. The Balaban J connectivity index is 1.80. The third kappa shape index (κ3) is 4.88. The Morgan fingerprint density at radius 2 is 2.00 bits per heavy atom. The zero-order valence-electron chi connectivity index (χ0n) is 19.2. The monoisotopic (exact) mass is 498 g/mol. The van der Waals surface area contributed by atoms with Crippen LogP contribution in [-0.4, -0.2) is 26.6 Å². The number of rotatable bonds is 6. The molecule has 0 aliphatic heterocycles. The molecule has 1 unspecified atom stereocenters. The summed E-state index contributed by atoms with van der Waals surface area (Å²) in [4.78, 5) is 24.6. The highest BCUT2D eigenvalue weighted by atomic mass is 35.5. The second-order valence-electron chi connectivity index (χ2n) is 8.80. The SMILES string of the molecule is Cc1cnc(Cl)nc1-c1cc2cccc(-c3cc(F)ncc3CC(C)C(C)(C)OC(N)=O)c2s1. The van der Waals surface area contributed by atoms with E-state index >= 15 is 0 Å². The zero-order valence-corrected chi connectivity index (χ0v) is 20.8. The first kappa shape index (κ1) is 24.0. The first-order valence-corrected chi connectivity index (χ1v) is 11.9. The summed E-state index contributed by atoms with van der Waals surface area (Å²) in [5.74, 6) is -0.666. The van der Waals surface area contributed by atoms with E-state index in [2.05, 4.69) is 21.0 Å². The first-order valence-electron chi connectivity index (χ1n) is 10.7. The van der Waals surface area contributed by atoms with Gasteiger partial charge in [0.1, 0.15) is 5.60 Å². The van der Waals surface area contributed by atoms with Crippen molar-refractivity contribution in [1.82, 2.24) is 15.0 Å². The number of carbonyl (C=O) groups excluding carboxylic acids is 1. The lowest BCUT2D eigenvalue weighted by molar-refractivity contribution is 0.00480. The zero-order chi connectivity index (χ0) is 24.6. The molecule has 4 aromatic rings. The standard InChI is InChI=1S/C25H24ClFN4O2S/c1-13-11-30-23(26)31-21(13)19-9-15-6-5-7-17(22(15)34-19)18-10-20(27)29-12-16(18)8-14(2)25(3,4)33-24(28)32/h5-7,9-12,14H,8H2,1-4H3,(H2,28,32). The number of carbonyl (C=O) groups is 1. The fourth-order valence-corrected chi connectivity index (χ4v) is 5.24. The molecule has 6 nitrogen and oxygen atoms in total. The summed E-state index contributed by atoms with van der Waals surface area (Å²) in [6.45, 7) is 7.51. The molecule has 0 saturated carbocycles. The number of nitrogens with zero attached hydrogens (tertiary/aromatic N) is 3. The number of benzene rings is 1. The minimum atomic E-state index is -0.828. The summed E-state index contributed by atoms with van der Waals surface area (Å²) >= 11 is 7.61. The number of fused-ring (bicyclic) bond motifs is 1. The number of aromatic nitrogens is 3. The van der Waals surface area contributed by atoms with Crippen molar-refractivity contribution in [2.45, 2.75) is 39.7 Å². The van der Waals surface area contributed by atoms with Crippen molar-refractivity contribution >= 4 is 39.1 Å². The van der Waals surface area contributed by atoms with Gasteiger partial charge in [-0.05, 0) is 78.4 Å². The van der Waals surface area contributed by atoms with Gasteiger partial charge in [0.15, 0.2) is 0 Å².